The number of hydrogen-bond donors (Lipinski definition) is 2. The lowest BCUT2D eigenvalue weighted by atomic mass is 9.98. The molecule has 0 aromatic heterocycles. The van der Waals surface area contributed by atoms with Gasteiger partial charge in [0.15, 0.2) is 0 Å². The average molecular weight is 355 g/mol. The van der Waals surface area contributed by atoms with Gasteiger partial charge in [0.25, 0.3) is 0 Å². The van der Waals surface area contributed by atoms with Crippen LogP contribution in [0.2, 0.25) is 0 Å². The normalized spacial score (nSPS) is 11.6. The molecule has 0 aliphatic carbocycles. The Morgan fingerprint density at radius 3 is 1.93 bits per heavy atom. The SMILES string of the molecule is C[C@@H](NC(c1ccccc1)c1ccccc1)C(=O)Nc1ccccc1C#N. The number of amides is 1. The van der Waals surface area contributed by atoms with Crippen molar-refractivity contribution in [3.05, 3.63) is 102 Å². The van der Waals surface area contributed by atoms with Crippen LogP contribution in [0.4, 0.5) is 5.69 Å². The minimum atomic E-state index is -0.456. The van der Waals surface area contributed by atoms with Crippen LogP contribution in [0.25, 0.3) is 0 Å². The van der Waals surface area contributed by atoms with Crippen LogP contribution in [0.1, 0.15) is 29.7 Å². The zero-order valence-corrected chi connectivity index (χ0v) is 15.1. The molecule has 0 saturated heterocycles. The van der Waals surface area contributed by atoms with Gasteiger partial charge in [-0.25, -0.2) is 0 Å². The van der Waals surface area contributed by atoms with Crippen molar-refractivity contribution in [2.24, 2.45) is 0 Å². The molecule has 0 unspecified atom stereocenters. The third kappa shape index (κ3) is 4.60. The summed E-state index contributed by atoms with van der Waals surface area (Å²) >= 11 is 0. The summed E-state index contributed by atoms with van der Waals surface area (Å²) in [6.07, 6.45) is 0. The molecule has 3 rings (SSSR count). The molecule has 0 heterocycles. The highest BCUT2D eigenvalue weighted by Gasteiger charge is 2.21. The molecule has 0 bridgehead atoms. The highest BCUT2D eigenvalue weighted by molar-refractivity contribution is 5.95. The summed E-state index contributed by atoms with van der Waals surface area (Å²) in [6.45, 7) is 1.82. The van der Waals surface area contributed by atoms with Crippen molar-refractivity contribution in [3.63, 3.8) is 0 Å². The van der Waals surface area contributed by atoms with Crippen molar-refractivity contribution in [1.29, 1.82) is 5.26 Å². The van der Waals surface area contributed by atoms with Crippen molar-refractivity contribution in [3.8, 4) is 6.07 Å². The number of nitrogens with zero attached hydrogens (tertiary/aromatic N) is 1. The largest absolute Gasteiger partial charge is 0.324 e. The number of hydrogen-bond acceptors (Lipinski definition) is 3. The van der Waals surface area contributed by atoms with Crippen molar-refractivity contribution in [1.82, 2.24) is 5.32 Å². The maximum atomic E-state index is 12.7. The van der Waals surface area contributed by atoms with E-state index in [9.17, 15) is 10.1 Å². The van der Waals surface area contributed by atoms with Gasteiger partial charge in [-0.05, 0) is 30.2 Å². The number of anilines is 1. The fourth-order valence-electron chi connectivity index (χ4n) is 2.93. The molecule has 0 radical (unpaired) electrons. The molecule has 1 atom stereocenters. The predicted molar refractivity (Wildman–Crippen MR) is 107 cm³/mol. The van der Waals surface area contributed by atoms with Crippen LogP contribution in [0.15, 0.2) is 84.9 Å². The van der Waals surface area contributed by atoms with E-state index in [1.54, 1.807) is 24.3 Å². The zero-order chi connectivity index (χ0) is 19.1. The van der Waals surface area contributed by atoms with E-state index in [1.807, 2.05) is 67.6 Å². The van der Waals surface area contributed by atoms with Gasteiger partial charge in [0.1, 0.15) is 6.07 Å². The number of rotatable bonds is 6. The lowest BCUT2D eigenvalue weighted by Gasteiger charge is -2.24. The fraction of sp³-hybridized carbons (Fsp3) is 0.130. The second kappa shape index (κ2) is 8.79. The molecule has 2 N–H and O–H groups in total. The van der Waals surface area contributed by atoms with E-state index in [-0.39, 0.29) is 11.9 Å². The number of nitriles is 1. The van der Waals surface area contributed by atoms with E-state index in [0.29, 0.717) is 11.3 Å². The topological polar surface area (TPSA) is 64.9 Å². The van der Waals surface area contributed by atoms with E-state index in [2.05, 4.69) is 16.7 Å². The van der Waals surface area contributed by atoms with Crippen molar-refractivity contribution >= 4 is 11.6 Å². The highest BCUT2D eigenvalue weighted by atomic mass is 16.2. The number of para-hydroxylation sites is 1. The molecule has 0 aliphatic heterocycles. The lowest BCUT2D eigenvalue weighted by molar-refractivity contribution is -0.117. The van der Waals surface area contributed by atoms with Gasteiger partial charge < -0.3 is 5.32 Å². The molecule has 4 heteroatoms. The number of carbonyl (C=O) groups is 1. The number of nitrogens with one attached hydrogen (secondary N) is 2. The van der Waals surface area contributed by atoms with Gasteiger partial charge in [-0.2, -0.15) is 5.26 Å². The van der Waals surface area contributed by atoms with E-state index in [1.165, 1.54) is 0 Å². The van der Waals surface area contributed by atoms with Crippen molar-refractivity contribution < 1.29 is 4.79 Å². The lowest BCUT2D eigenvalue weighted by Crippen LogP contribution is -2.40. The summed E-state index contributed by atoms with van der Waals surface area (Å²) in [7, 11) is 0. The summed E-state index contributed by atoms with van der Waals surface area (Å²) in [4.78, 5) is 12.7. The Labute approximate surface area is 159 Å². The van der Waals surface area contributed by atoms with Crippen LogP contribution in [0.5, 0.6) is 0 Å². The van der Waals surface area contributed by atoms with Crippen LogP contribution in [0.3, 0.4) is 0 Å². The van der Waals surface area contributed by atoms with E-state index in [4.69, 9.17) is 0 Å². The molecule has 3 aromatic rings. The highest BCUT2D eigenvalue weighted by Crippen LogP contribution is 2.23. The molecule has 0 aliphatic rings. The van der Waals surface area contributed by atoms with Gasteiger partial charge in [0, 0.05) is 0 Å². The van der Waals surface area contributed by atoms with Crippen LogP contribution >= 0.6 is 0 Å². The zero-order valence-electron chi connectivity index (χ0n) is 15.1. The van der Waals surface area contributed by atoms with Crippen molar-refractivity contribution in [2.45, 2.75) is 19.0 Å². The van der Waals surface area contributed by atoms with Gasteiger partial charge in [-0.1, -0.05) is 72.8 Å². The standard InChI is InChI=1S/C23H21N3O/c1-17(23(27)26-21-15-9-8-14-20(21)16-24)25-22(18-10-4-2-5-11-18)19-12-6-3-7-13-19/h2-15,17,22,25H,1H3,(H,26,27)/t17-/m1/s1. The maximum Gasteiger partial charge on any atom is 0.241 e. The summed E-state index contributed by atoms with van der Waals surface area (Å²) in [5.41, 5.74) is 3.14. The summed E-state index contributed by atoms with van der Waals surface area (Å²) in [6, 6.07) is 28.6. The van der Waals surface area contributed by atoms with Gasteiger partial charge in [-0.15, -0.1) is 0 Å². The summed E-state index contributed by atoms with van der Waals surface area (Å²) in [5.74, 6) is -0.186. The molecule has 134 valence electrons. The molecule has 4 nitrogen and oxygen atoms in total. The van der Waals surface area contributed by atoms with Crippen molar-refractivity contribution in [2.75, 3.05) is 5.32 Å². The molecule has 3 aromatic carbocycles. The van der Waals surface area contributed by atoms with Crippen LogP contribution in [0, 0.1) is 11.3 Å². The number of carbonyl (C=O) groups excluding carboxylic acids is 1. The first-order chi connectivity index (χ1) is 13.2. The Balaban J connectivity index is 1.79. The third-order valence-corrected chi connectivity index (χ3v) is 4.38. The van der Waals surface area contributed by atoms with E-state index in [0.717, 1.165) is 11.1 Å². The Hall–Kier alpha value is -3.42. The van der Waals surface area contributed by atoms with Crippen LogP contribution < -0.4 is 10.6 Å². The van der Waals surface area contributed by atoms with Crippen LogP contribution in [-0.4, -0.2) is 11.9 Å². The van der Waals surface area contributed by atoms with Gasteiger partial charge >= 0.3 is 0 Å². The van der Waals surface area contributed by atoms with Crippen LogP contribution in [-0.2, 0) is 4.79 Å². The molecular weight excluding hydrogens is 334 g/mol. The molecule has 0 spiro atoms. The Kier molecular flexibility index (Phi) is 5.98. The minimum Gasteiger partial charge on any atom is -0.324 e. The second-order valence-electron chi connectivity index (χ2n) is 6.29. The first kappa shape index (κ1) is 18.4. The maximum absolute atomic E-state index is 12.7. The third-order valence-electron chi connectivity index (χ3n) is 4.38. The molecule has 0 saturated carbocycles. The fourth-order valence-corrected chi connectivity index (χ4v) is 2.93. The Morgan fingerprint density at radius 2 is 1.37 bits per heavy atom. The second-order valence-corrected chi connectivity index (χ2v) is 6.29. The summed E-state index contributed by atoms with van der Waals surface area (Å²) in [5, 5.41) is 15.5. The quantitative estimate of drug-likeness (QED) is 0.694. The Bertz CT molecular complexity index is 893. The van der Waals surface area contributed by atoms with Gasteiger partial charge in [-0.3, -0.25) is 10.1 Å². The first-order valence-corrected chi connectivity index (χ1v) is 8.85. The molecule has 0 fully saturated rings. The Morgan fingerprint density at radius 1 is 0.852 bits per heavy atom. The van der Waals surface area contributed by atoms with E-state index >= 15 is 0 Å². The van der Waals surface area contributed by atoms with E-state index < -0.39 is 6.04 Å². The van der Waals surface area contributed by atoms with Gasteiger partial charge in [0.2, 0.25) is 5.91 Å². The molecular formula is C23H21N3O. The van der Waals surface area contributed by atoms with Gasteiger partial charge in [0.05, 0.1) is 23.3 Å². The smallest absolute Gasteiger partial charge is 0.241 e. The predicted octanol–water partition coefficient (Wildman–Crippen LogP) is 4.26. The average Bonchev–Trinajstić information content (AvgIpc) is 2.73. The first-order valence-electron chi connectivity index (χ1n) is 8.85. The molecule has 27 heavy (non-hydrogen) atoms. The number of benzene rings is 3. The summed E-state index contributed by atoms with van der Waals surface area (Å²) < 4.78 is 0. The monoisotopic (exact) mass is 355 g/mol. The molecule has 1 amide bonds. The minimum absolute atomic E-state index is 0.112.